The van der Waals surface area contributed by atoms with Crippen LogP contribution in [0.15, 0.2) is 47.1 Å². The monoisotopic (exact) mass is 350 g/mol. The van der Waals surface area contributed by atoms with Gasteiger partial charge in [0, 0.05) is 17.2 Å². The minimum Gasteiger partial charge on any atom is -0.492 e. The van der Waals surface area contributed by atoms with Crippen molar-refractivity contribution in [2.75, 3.05) is 18.5 Å². The fraction of sp³-hybridized carbons (Fsp3) is 0.312. The Morgan fingerprint density at radius 3 is 2.86 bits per heavy atom. The summed E-state index contributed by atoms with van der Waals surface area (Å²) in [6.45, 7) is 5.20. The maximum absolute atomic E-state index is 5.68. The summed E-state index contributed by atoms with van der Waals surface area (Å²) in [5.74, 6) is 1.46. The van der Waals surface area contributed by atoms with E-state index < -0.39 is 0 Å². The van der Waals surface area contributed by atoms with E-state index in [9.17, 15) is 0 Å². The molecule has 1 heterocycles. The third-order valence-corrected chi connectivity index (χ3v) is 3.09. The van der Waals surface area contributed by atoms with Crippen LogP contribution in [0, 0.1) is 0 Å². The van der Waals surface area contributed by atoms with Crippen molar-refractivity contribution in [2.45, 2.75) is 20.0 Å². The van der Waals surface area contributed by atoms with E-state index in [4.69, 9.17) is 9.47 Å². The summed E-state index contributed by atoms with van der Waals surface area (Å²) in [5.41, 5.74) is 0.879. The van der Waals surface area contributed by atoms with E-state index in [1.165, 1.54) is 0 Å². The molecular weight excluding hydrogens is 332 g/mol. The third kappa shape index (κ3) is 5.27. The van der Waals surface area contributed by atoms with Gasteiger partial charge in [0.1, 0.15) is 12.4 Å². The van der Waals surface area contributed by atoms with Crippen molar-refractivity contribution in [3.05, 3.63) is 47.1 Å². The van der Waals surface area contributed by atoms with E-state index in [-0.39, 0.29) is 6.10 Å². The number of ether oxygens (including phenoxy) is 2. The largest absolute Gasteiger partial charge is 0.492 e. The Morgan fingerprint density at radius 2 is 2.10 bits per heavy atom. The molecule has 1 N–H and O–H groups in total. The van der Waals surface area contributed by atoms with Crippen LogP contribution in [0.3, 0.4) is 0 Å². The van der Waals surface area contributed by atoms with Gasteiger partial charge >= 0.3 is 0 Å². The second-order valence-corrected chi connectivity index (χ2v) is 5.67. The predicted molar refractivity (Wildman–Crippen MR) is 88.1 cm³/mol. The first kappa shape index (κ1) is 15.6. The number of rotatable bonds is 7. The average molecular weight is 351 g/mol. The van der Waals surface area contributed by atoms with Crippen LogP contribution >= 0.6 is 15.9 Å². The van der Waals surface area contributed by atoms with E-state index >= 15 is 0 Å². The van der Waals surface area contributed by atoms with Crippen LogP contribution < -0.4 is 14.8 Å². The quantitative estimate of drug-likeness (QED) is 0.762. The Morgan fingerprint density at radius 1 is 1.24 bits per heavy atom. The van der Waals surface area contributed by atoms with E-state index in [2.05, 4.69) is 26.2 Å². The van der Waals surface area contributed by atoms with Gasteiger partial charge in [0.15, 0.2) is 0 Å². The highest BCUT2D eigenvalue weighted by atomic mass is 79.9. The number of benzene rings is 1. The van der Waals surface area contributed by atoms with Gasteiger partial charge in [-0.2, -0.15) is 0 Å². The smallest absolute Gasteiger partial charge is 0.237 e. The molecule has 2 aromatic rings. The fourth-order valence-electron chi connectivity index (χ4n) is 1.75. The van der Waals surface area contributed by atoms with Crippen molar-refractivity contribution in [2.24, 2.45) is 0 Å². The van der Waals surface area contributed by atoms with Crippen molar-refractivity contribution in [3.8, 4) is 11.6 Å². The van der Waals surface area contributed by atoms with Gasteiger partial charge in [0.05, 0.1) is 11.8 Å². The summed E-state index contributed by atoms with van der Waals surface area (Å²) in [5, 5.41) is 3.28. The molecule has 2 rings (SSSR count). The topological polar surface area (TPSA) is 43.4 Å². The lowest BCUT2D eigenvalue weighted by molar-refractivity contribution is 0.234. The minimum absolute atomic E-state index is 0.0957. The lowest BCUT2D eigenvalue weighted by Crippen LogP contribution is -2.14. The van der Waals surface area contributed by atoms with E-state index in [0.717, 1.165) is 15.9 Å². The first-order valence-corrected chi connectivity index (χ1v) is 7.68. The molecule has 4 nitrogen and oxygen atoms in total. The van der Waals surface area contributed by atoms with Gasteiger partial charge < -0.3 is 14.8 Å². The molecule has 0 radical (unpaired) electrons. The molecule has 0 unspecified atom stereocenters. The number of anilines is 1. The second-order valence-electron chi connectivity index (χ2n) is 4.76. The van der Waals surface area contributed by atoms with Gasteiger partial charge in [-0.1, -0.05) is 22.0 Å². The summed E-state index contributed by atoms with van der Waals surface area (Å²) < 4.78 is 12.3. The molecule has 0 aliphatic heterocycles. The normalized spacial score (nSPS) is 10.5. The van der Waals surface area contributed by atoms with Crippen LogP contribution in [-0.2, 0) is 0 Å². The van der Waals surface area contributed by atoms with E-state index in [1.54, 1.807) is 6.20 Å². The summed E-state index contributed by atoms with van der Waals surface area (Å²) in [6.07, 6.45) is 1.82. The van der Waals surface area contributed by atoms with Crippen LogP contribution in [0.2, 0.25) is 0 Å². The maximum Gasteiger partial charge on any atom is 0.237 e. The van der Waals surface area contributed by atoms with Crippen molar-refractivity contribution in [3.63, 3.8) is 0 Å². The Kier molecular flexibility index (Phi) is 5.87. The highest BCUT2D eigenvalue weighted by molar-refractivity contribution is 9.10. The molecule has 0 atom stereocenters. The summed E-state index contributed by atoms with van der Waals surface area (Å²) >= 11 is 3.42. The van der Waals surface area contributed by atoms with Gasteiger partial charge in [-0.25, -0.2) is 4.98 Å². The zero-order valence-corrected chi connectivity index (χ0v) is 13.8. The van der Waals surface area contributed by atoms with E-state index in [0.29, 0.717) is 19.0 Å². The molecule has 1 aromatic carbocycles. The molecule has 0 aliphatic carbocycles. The number of nitrogens with one attached hydrogen (secondary N) is 1. The minimum atomic E-state index is 0.0957. The van der Waals surface area contributed by atoms with Crippen LogP contribution in [-0.4, -0.2) is 24.2 Å². The lowest BCUT2D eigenvalue weighted by atomic mass is 10.3. The number of nitrogens with zero attached hydrogens (tertiary/aromatic N) is 1. The third-order valence-electron chi connectivity index (χ3n) is 2.60. The van der Waals surface area contributed by atoms with Crippen LogP contribution in [0.5, 0.6) is 11.6 Å². The summed E-state index contributed by atoms with van der Waals surface area (Å²) in [4.78, 5) is 4.24. The molecule has 0 amide bonds. The molecular formula is C16H19BrN2O2. The number of halogens is 1. The number of hydrogen-bond donors (Lipinski definition) is 1. The van der Waals surface area contributed by atoms with Gasteiger partial charge in [0.2, 0.25) is 5.88 Å². The average Bonchev–Trinajstić information content (AvgIpc) is 2.45. The number of aromatic nitrogens is 1. The number of pyridine rings is 1. The Hall–Kier alpha value is -1.75. The first-order chi connectivity index (χ1) is 10.1. The van der Waals surface area contributed by atoms with Gasteiger partial charge in [-0.05, 0) is 44.2 Å². The first-order valence-electron chi connectivity index (χ1n) is 6.89. The molecule has 112 valence electrons. The van der Waals surface area contributed by atoms with E-state index in [1.807, 2.05) is 50.2 Å². The molecule has 0 saturated heterocycles. The molecule has 21 heavy (non-hydrogen) atoms. The Bertz CT molecular complexity index is 576. The molecule has 0 aliphatic rings. The van der Waals surface area contributed by atoms with Crippen molar-refractivity contribution in [1.29, 1.82) is 0 Å². The Labute approximate surface area is 133 Å². The molecule has 0 bridgehead atoms. The summed E-state index contributed by atoms with van der Waals surface area (Å²) in [7, 11) is 0. The fourth-order valence-corrected chi connectivity index (χ4v) is 2.13. The van der Waals surface area contributed by atoms with Crippen LogP contribution in [0.25, 0.3) is 0 Å². The zero-order chi connectivity index (χ0) is 15.1. The molecule has 1 aromatic heterocycles. The van der Waals surface area contributed by atoms with Gasteiger partial charge in [-0.15, -0.1) is 0 Å². The Balaban J connectivity index is 1.83. The lowest BCUT2D eigenvalue weighted by Gasteiger charge is -2.14. The highest BCUT2D eigenvalue weighted by Crippen LogP contribution is 2.21. The predicted octanol–water partition coefficient (Wildman–Crippen LogP) is 4.12. The molecule has 0 saturated carbocycles. The SMILES string of the molecule is CC(C)Oc1ncccc1NCCOc1cccc(Br)c1. The zero-order valence-electron chi connectivity index (χ0n) is 12.2. The standard InChI is InChI=1S/C16H19BrN2O2/c1-12(2)21-16-15(7-4-8-19-16)18-9-10-20-14-6-3-5-13(17)11-14/h3-8,11-12,18H,9-10H2,1-2H3. The van der Waals surface area contributed by atoms with Crippen molar-refractivity contribution in [1.82, 2.24) is 4.98 Å². The number of hydrogen-bond acceptors (Lipinski definition) is 4. The molecule has 0 fully saturated rings. The van der Waals surface area contributed by atoms with Crippen LogP contribution in [0.1, 0.15) is 13.8 Å². The van der Waals surface area contributed by atoms with Gasteiger partial charge in [-0.3, -0.25) is 0 Å². The summed E-state index contributed by atoms with van der Waals surface area (Å²) in [6, 6.07) is 11.6. The molecule has 5 heteroatoms. The van der Waals surface area contributed by atoms with Gasteiger partial charge in [0.25, 0.3) is 0 Å². The molecule has 0 spiro atoms. The maximum atomic E-state index is 5.68. The van der Waals surface area contributed by atoms with Crippen molar-refractivity contribution >= 4 is 21.6 Å². The van der Waals surface area contributed by atoms with Crippen molar-refractivity contribution < 1.29 is 9.47 Å². The van der Waals surface area contributed by atoms with Crippen LogP contribution in [0.4, 0.5) is 5.69 Å². The highest BCUT2D eigenvalue weighted by Gasteiger charge is 2.05. The second kappa shape index (κ2) is 7.88.